The van der Waals surface area contributed by atoms with Gasteiger partial charge in [0.1, 0.15) is 5.69 Å². The Morgan fingerprint density at radius 3 is 2.85 bits per heavy atom. The van der Waals surface area contributed by atoms with Crippen molar-refractivity contribution in [2.24, 2.45) is 0 Å². The van der Waals surface area contributed by atoms with Crippen LogP contribution in [0.2, 0.25) is 0 Å². The standard InChI is InChI=1S/C8H6BrN3O/c1-5-3-2-4-10-6(5)7-11-12-8(9)13-7/h2-4H,1H3. The van der Waals surface area contributed by atoms with E-state index in [1.165, 1.54) is 0 Å². The lowest BCUT2D eigenvalue weighted by Crippen LogP contribution is -1.86. The zero-order valence-corrected chi connectivity index (χ0v) is 8.45. The van der Waals surface area contributed by atoms with Gasteiger partial charge < -0.3 is 4.42 Å². The Balaban J connectivity index is 2.52. The van der Waals surface area contributed by atoms with Crippen molar-refractivity contribution < 1.29 is 4.42 Å². The van der Waals surface area contributed by atoms with Crippen LogP contribution in [-0.2, 0) is 0 Å². The summed E-state index contributed by atoms with van der Waals surface area (Å²) < 4.78 is 5.18. The topological polar surface area (TPSA) is 51.8 Å². The van der Waals surface area contributed by atoms with E-state index in [0.29, 0.717) is 10.7 Å². The lowest BCUT2D eigenvalue weighted by atomic mass is 10.2. The van der Waals surface area contributed by atoms with Crippen molar-refractivity contribution in [1.29, 1.82) is 0 Å². The molecule has 0 bridgehead atoms. The zero-order chi connectivity index (χ0) is 9.26. The summed E-state index contributed by atoms with van der Waals surface area (Å²) >= 11 is 3.09. The number of nitrogens with zero attached hydrogens (tertiary/aromatic N) is 3. The molecule has 2 heterocycles. The molecule has 0 spiro atoms. The highest BCUT2D eigenvalue weighted by atomic mass is 79.9. The summed E-state index contributed by atoms with van der Waals surface area (Å²) in [4.78, 5) is 4.51. The molecule has 0 atom stereocenters. The normalized spacial score (nSPS) is 10.3. The average molecular weight is 240 g/mol. The van der Waals surface area contributed by atoms with Gasteiger partial charge in [-0.1, -0.05) is 6.07 Å². The van der Waals surface area contributed by atoms with Gasteiger partial charge in [-0.25, -0.2) is 0 Å². The number of hydrogen-bond donors (Lipinski definition) is 0. The molecular formula is C8H6BrN3O. The van der Waals surface area contributed by atoms with Crippen LogP contribution in [0.4, 0.5) is 0 Å². The predicted octanol–water partition coefficient (Wildman–Crippen LogP) is 2.20. The Kier molecular flexibility index (Phi) is 2.10. The molecule has 66 valence electrons. The van der Waals surface area contributed by atoms with Crippen LogP contribution in [0, 0.1) is 6.92 Å². The van der Waals surface area contributed by atoms with Crippen LogP contribution in [0.3, 0.4) is 0 Å². The Morgan fingerprint density at radius 1 is 1.38 bits per heavy atom. The van der Waals surface area contributed by atoms with E-state index < -0.39 is 0 Å². The van der Waals surface area contributed by atoms with Crippen molar-refractivity contribution in [3.8, 4) is 11.6 Å². The first-order valence-electron chi connectivity index (χ1n) is 3.68. The first kappa shape index (κ1) is 8.37. The Hall–Kier alpha value is -1.23. The molecule has 4 nitrogen and oxygen atoms in total. The second-order valence-corrected chi connectivity index (χ2v) is 3.21. The van der Waals surface area contributed by atoms with Crippen LogP contribution in [0.5, 0.6) is 0 Å². The highest BCUT2D eigenvalue weighted by Gasteiger charge is 2.09. The summed E-state index contributed by atoms with van der Waals surface area (Å²) in [6.07, 6.45) is 1.69. The summed E-state index contributed by atoms with van der Waals surface area (Å²) in [5.41, 5.74) is 1.74. The summed E-state index contributed by atoms with van der Waals surface area (Å²) in [5, 5.41) is 7.51. The molecule has 0 fully saturated rings. The molecule has 0 amide bonds. The highest BCUT2D eigenvalue weighted by Crippen LogP contribution is 2.20. The van der Waals surface area contributed by atoms with Gasteiger partial charge in [-0.05, 0) is 18.6 Å². The van der Waals surface area contributed by atoms with Crippen molar-refractivity contribution in [1.82, 2.24) is 15.2 Å². The highest BCUT2D eigenvalue weighted by molar-refractivity contribution is 9.10. The number of halogens is 1. The fourth-order valence-electron chi connectivity index (χ4n) is 1.01. The van der Waals surface area contributed by atoms with Crippen LogP contribution in [0.1, 0.15) is 5.56 Å². The Bertz CT molecular complexity index is 427. The largest absolute Gasteiger partial charge is 0.409 e. The molecule has 0 aliphatic rings. The fraction of sp³-hybridized carbons (Fsp3) is 0.125. The monoisotopic (exact) mass is 239 g/mol. The van der Waals surface area contributed by atoms with Gasteiger partial charge in [-0.15, -0.1) is 10.2 Å². The average Bonchev–Trinajstić information content (AvgIpc) is 2.53. The maximum absolute atomic E-state index is 5.18. The van der Waals surface area contributed by atoms with Crippen LogP contribution in [0.15, 0.2) is 27.5 Å². The molecule has 2 aromatic rings. The van der Waals surface area contributed by atoms with E-state index >= 15 is 0 Å². The Morgan fingerprint density at radius 2 is 2.23 bits per heavy atom. The summed E-state index contributed by atoms with van der Waals surface area (Å²) in [7, 11) is 0. The molecule has 0 aromatic carbocycles. The van der Waals surface area contributed by atoms with Gasteiger partial charge in [-0.2, -0.15) is 0 Å². The number of hydrogen-bond acceptors (Lipinski definition) is 4. The minimum absolute atomic E-state index is 0.368. The van der Waals surface area contributed by atoms with Gasteiger partial charge >= 0.3 is 0 Å². The third-order valence-corrected chi connectivity index (χ3v) is 1.93. The van der Waals surface area contributed by atoms with E-state index in [9.17, 15) is 0 Å². The van der Waals surface area contributed by atoms with E-state index in [2.05, 4.69) is 31.1 Å². The predicted molar refractivity (Wildman–Crippen MR) is 50.0 cm³/mol. The molecule has 0 radical (unpaired) electrons. The molecule has 0 aliphatic heterocycles. The van der Waals surface area contributed by atoms with Gasteiger partial charge in [0, 0.05) is 22.1 Å². The molecule has 0 unspecified atom stereocenters. The zero-order valence-electron chi connectivity index (χ0n) is 6.86. The quantitative estimate of drug-likeness (QED) is 0.766. The van der Waals surface area contributed by atoms with E-state index in [1.807, 2.05) is 19.1 Å². The third-order valence-electron chi connectivity index (χ3n) is 1.61. The molecule has 0 N–H and O–H groups in total. The van der Waals surface area contributed by atoms with Crippen molar-refractivity contribution >= 4 is 15.9 Å². The number of pyridine rings is 1. The summed E-state index contributed by atoms with van der Waals surface area (Å²) in [5.74, 6) is 0.435. The van der Waals surface area contributed by atoms with E-state index in [4.69, 9.17) is 4.42 Å². The van der Waals surface area contributed by atoms with Gasteiger partial charge in [-0.3, -0.25) is 4.98 Å². The lowest BCUT2D eigenvalue weighted by Gasteiger charge is -1.96. The summed E-state index contributed by atoms with van der Waals surface area (Å²) in [6, 6.07) is 3.81. The van der Waals surface area contributed by atoms with Gasteiger partial charge in [0.25, 0.3) is 10.7 Å². The minimum atomic E-state index is 0.368. The van der Waals surface area contributed by atoms with E-state index in [1.54, 1.807) is 6.20 Å². The van der Waals surface area contributed by atoms with Crippen LogP contribution < -0.4 is 0 Å². The number of aromatic nitrogens is 3. The molecule has 2 aromatic heterocycles. The van der Waals surface area contributed by atoms with Crippen molar-refractivity contribution in [2.45, 2.75) is 6.92 Å². The van der Waals surface area contributed by atoms with E-state index in [0.717, 1.165) is 11.3 Å². The van der Waals surface area contributed by atoms with E-state index in [-0.39, 0.29) is 0 Å². The molecule has 2 rings (SSSR count). The van der Waals surface area contributed by atoms with Crippen LogP contribution in [-0.4, -0.2) is 15.2 Å². The maximum atomic E-state index is 5.18. The molecule has 0 saturated carbocycles. The maximum Gasteiger partial charge on any atom is 0.285 e. The number of aryl methyl sites for hydroxylation is 1. The SMILES string of the molecule is Cc1cccnc1-c1nnc(Br)o1. The molecule has 5 heteroatoms. The van der Waals surface area contributed by atoms with Gasteiger partial charge in [0.15, 0.2) is 0 Å². The number of rotatable bonds is 1. The first-order chi connectivity index (χ1) is 6.27. The molecule has 0 saturated heterocycles. The first-order valence-corrected chi connectivity index (χ1v) is 4.47. The smallest absolute Gasteiger partial charge is 0.285 e. The van der Waals surface area contributed by atoms with Gasteiger partial charge in [0.05, 0.1) is 0 Å². The molecule has 13 heavy (non-hydrogen) atoms. The summed E-state index contributed by atoms with van der Waals surface area (Å²) in [6.45, 7) is 1.94. The minimum Gasteiger partial charge on any atom is -0.409 e. The van der Waals surface area contributed by atoms with Crippen molar-refractivity contribution in [3.05, 3.63) is 28.7 Å². The van der Waals surface area contributed by atoms with Crippen LogP contribution in [0.25, 0.3) is 11.6 Å². The fourth-order valence-corrected chi connectivity index (χ4v) is 1.24. The van der Waals surface area contributed by atoms with Crippen LogP contribution >= 0.6 is 15.9 Å². The van der Waals surface area contributed by atoms with Crippen molar-refractivity contribution in [3.63, 3.8) is 0 Å². The van der Waals surface area contributed by atoms with Crippen molar-refractivity contribution in [2.75, 3.05) is 0 Å². The second-order valence-electron chi connectivity index (χ2n) is 2.53. The second kappa shape index (κ2) is 3.26. The third kappa shape index (κ3) is 1.60. The lowest BCUT2D eigenvalue weighted by molar-refractivity contribution is 0.538. The Labute approximate surface area is 83.1 Å². The van der Waals surface area contributed by atoms with Gasteiger partial charge in [0.2, 0.25) is 0 Å². The molecule has 0 aliphatic carbocycles. The molecular weight excluding hydrogens is 234 g/mol.